The van der Waals surface area contributed by atoms with Crippen LogP contribution in [0.5, 0.6) is 0 Å². The van der Waals surface area contributed by atoms with E-state index in [1.165, 1.54) is 6.07 Å². The maximum atomic E-state index is 12.0. The number of carbonyl (C=O) groups excluding carboxylic acids is 1. The van der Waals surface area contributed by atoms with Crippen molar-refractivity contribution in [3.8, 4) is 0 Å². The molecule has 0 saturated carbocycles. The molecule has 0 aliphatic carbocycles. The zero-order valence-electron chi connectivity index (χ0n) is 7.90. The van der Waals surface area contributed by atoms with E-state index in [1.807, 2.05) is 0 Å². The van der Waals surface area contributed by atoms with Crippen LogP contribution in [0.1, 0.15) is 11.2 Å². The summed E-state index contributed by atoms with van der Waals surface area (Å²) in [6.45, 7) is 0. The largest absolute Gasteiger partial charge is 0.397 e. The van der Waals surface area contributed by atoms with Gasteiger partial charge in [-0.1, -0.05) is 17.3 Å². The van der Waals surface area contributed by atoms with Gasteiger partial charge in [0.1, 0.15) is 11.9 Å². The van der Waals surface area contributed by atoms with Crippen molar-refractivity contribution in [1.29, 1.82) is 0 Å². The van der Waals surface area contributed by atoms with E-state index in [0.717, 1.165) is 0 Å². The van der Waals surface area contributed by atoms with Gasteiger partial charge in [0, 0.05) is 0 Å². The Morgan fingerprint density at radius 3 is 2.69 bits per heavy atom. The minimum Gasteiger partial charge on any atom is -0.272 e. The molecule has 1 aromatic heterocycles. The molecule has 0 aliphatic heterocycles. The van der Waals surface area contributed by atoms with Gasteiger partial charge in [0.2, 0.25) is 0 Å². The van der Waals surface area contributed by atoms with Gasteiger partial charge in [-0.15, -0.1) is 5.10 Å². The summed E-state index contributed by atoms with van der Waals surface area (Å²) >= 11 is 0. The first-order valence-corrected chi connectivity index (χ1v) is 4.38. The summed E-state index contributed by atoms with van der Waals surface area (Å²) in [7, 11) is 0. The van der Waals surface area contributed by atoms with Crippen molar-refractivity contribution in [2.45, 2.75) is 12.6 Å². The highest BCUT2D eigenvalue weighted by Crippen LogP contribution is 2.21. The fourth-order valence-corrected chi connectivity index (χ4v) is 1.30. The fourth-order valence-electron chi connectivity index (χ4n) is 1.30. The van der Waals surface area contributed by atoms with E-state index in [4.69, 9.17) is 0 Å². The Hall–Kier alpha value is -1.92. The third-order valence-corrected chi connectivity index (χ3v) is 1.94. The molecule has 0 fully saturated rings. The molecule has 2 rings (SSSR count). The summed E-state index contributed by atoms with van der Waals surface area (Å²) in [6, 6.07) is 6.32. The van der Waals surface area contributed by atoms with Gasteiger partial charge in [-0.3, -0.25) is 4.79 Å². The topological polar surface area (TPSA) is 47.8 Å². The average molecular weight is 229 g/mol. The third kappa shape index (κ3) is 2.02. The number of nitrogens with zero attached hydrogens (tertiary/aromatic N) is 3. The lowest BCUT2D eigenvalue weighted by atomic mass is 10.3. The maximum absolute atomic E-state index is 12.0. The van der Waals surface area contributed by atoms with Crippen LogP contribution in [-0.2, 0) is 0 Å². The van der Waals surface area contributed by atoms with Crippen LogP contribution in [0.25, 0.3) is 11.0 Å². The molecule has 1 heterocycles. The summed E-state index contributed by atoms with van der Waals surface area (Å²) < 4.78 is 36.7. The van der Waals surface area contributed by atoms with Gasteiger partial charge in [-0.05, 0) is 12.1 Å². The van der Waals surface area contributed by atoms with Gasteiger partial charge in [-0.2, -0.15) is 17.9 Å². The Labute approximate surface area is 87.7 Å². The molecule has 84 valence electrons. The summed E-state index contributed by atoms with van der Waals surface area (Å²) in [5.41, 5.74) is 0.662. The summed E-state index contributed by atoms with van der Waals surface area (Å²) in [5, 5.41) is 6.99. The normalized spacial score (nSPS) is 11.9. The van der Waals surface area contributed by atoms with Crippen LogP contribution in [0, 0.1) is 0 Å². The minimum absolute atomic E-state index is 0.275. The van der Waals surface area contributed by atoms with Crippen molar-refractivity contribution < 1.29 is 18.0 Å². The fraction of sp³-hybridized carbons (Fsp3) is 0.222. The molecule has 2 aromatic rings. The van der Waals surface area contributed by atoms with Crippen LogP contribution in [0.2, 0.25) is 0 Å². The number of rotatable bonds is 1. The lowest BCUT2D eigenvalue weighted by Crippen LogP contribution is -2.21. The van der Waals surface area contributed by atoms with E-state index in [-0.39, 0.29) is 5.52 Å². The van der Waals surface area contributed by atoms with Crippen LogP contribution < -0.4 is 0 Å². The predicted octanol–water partition coefficient (Wildman–Crippen LogP) is 2.02. The van der Waals surface area contributed by atoms with Crippen molar-refractivity contribution in [3.05, 3.63) is 24.3 Å². The quantitative estimate of drug-likeness (QED) is 0.751. The molecular weight excluding hydrogens is 223 g/mol. The SMILES string of the molecule is O=C(CC(F)(F)F)n1nnc2ccccc21. The average Bonchev–Trinajstić information content (AvgIpc) is 2.58. The number of hydrogen-bond acceptors (Lipinski definition) is 3. The molecule has 0 radical (unpaired) electrons. The molecule has 0 amide bonds. The Morgan fingerprint density at radius 2 is 2.00 bits per heavy atom. The van der Waals surface area contributed by atoms with Gasteiger partial charge in [0.15, 0.2) is 0 Å². The molecule has 0 bridgehead atoms. The molecule has 1 aromatic carbocycles. The molecule has 4 nitrogen and oxygen atoms in total. The highest BCUT2D eigenvalue weighted by molar-refractivity contribution is 5.88. The molecule has 0 spiro atoms. The predicted molar refractivity (Wildman–Crippen MR) is 48.8 cm³/mol. The number of fused-ring (bicyclic) bond motifs is 1. The summed E-state index contributed by atoms with van der Waals surface area (Å²) in [4.78, 5) is 11.3. The van der Waals surface area contributed by atoms with Crippen LogP contribution >= 0.6 is 0 Å². The molecule has 0 N–H and O–H groups in total. The Morgan fingerprint density at radius 1 is 1.31 bits per heavy atom. The summed E-state index contributed by atoms with van der Waals surface area (Å²) in [6.07, 6.45) is -6.08. The smallest absolute Gasteiger partial charge is 0.272 e. The molecule has 7 heteroatoms. The first-order chi connectivity index (χ1) is 7.47. The number of para-hydroxylation sites is 1. The van der Waals surface area contributed by atoms with Gasteiger partial charge >= 0.3 is 6.18 Å². The van der Waals surface area contributed by atoms with Gasteiger partial charge < -0.3 is 0 Å². The van der Waals surface area contributed by atoms with E-state index in [9.17, 15) is 18.0 Å². The molecule has 0 saturated heterocycles. The number of carbonyl (C=O) groups is 1. The van der Waals surface area contributed by atoms with Gasteiger partial charge in [0.05, 0.1) is 5.52 Å². The van der Waals surface area contributed by atoms with E-state index in [1.54, 1.807) is 18.2 Å². The standard InChI is InChI=1S/C9H6F3N3O/c10-9(11,12)5-8(16)15-7-4-2-1-3-6(7)13-14-15/h1-4H,5H2. The Kier molecular flexibility index (Phi) is 2.37. The zero-order valence-corrected chi connectivity index (χ0v) is 7.90. The van der Waals surface area contributed by atoms with Crippen molar-refractivity contribution >= 4 is 16.9 Å². The Balaban J connectivity index is 2.37. The highest BCUT2D eigenvalue weighted by atomic mass is 19.4. The lowest BCUT2D eigenvalue weighted by molar-refractivity contribution is -0.126. The second-order valence-electron chi connectivity index (χ2n) is 3.18. The van der Waals surface area contributed by atoms with E-state index < -0.39 is 18.5 Å². The number of alkyl halides is 3. The molecule has 0 aliphatic rings. The minimum atomic E-state index is -4.54. The third-order valence-electron chi connectivity index (χ3n) is 1.94. The molecule has 0 atom stereocenters. The monoisotopic (exact) mass is 229 g/mol. The first-order valence-electron chi connectivity index (χ1n) is 4.38. The van der Waals surface area contributed by atoms with Gasteiger partial charge in [0.25, 0.3) is 5.91 Å². The second-order valence-corrected chi connectivity index (χ2v) is 3.18. The van der Waals surface area contributed by atoms with Crippen molar-refractivity contribution in [2.75, 3.05) is 0 Å². The zero-order chi connectivity index (χ0) is 11.8. The van der Waals surface area contributed by atoms with E-state index in [2.05, 4.69) is 10.3 Å². The van der Waals surface area contributed by atoms with Crippen LogP contribution in [0.4, 0.5) is 13.2 Å². The number of aromatic nitrogens is 3. The van der Waals surface area contributed by atoms with Crippen LogP contribution in [-0.4, -0.2) is 27.1 Å². The number of hydrogen-bond donors (Lipinski definition) is 0. The lowest BCUT2D eigenvalue weighted by Gasteiger charge is -2.04. The van der Waals surface area contributed by atoms with Crippen molar-refractivity contribution in [1.82, 2.24) is 15.0 Å². The van der Waals surface area contributed by atoms with Crippen LogP contribution in [0.3, 0.4) is 0 Å². The van der Waals surface area contributed by atoms with Crippen LogP contribution in [0.15, 0.2) is 24.3 Å². The van der Waals surface area contributed by atoms with Crippen molar-refractivity contribution in [3.63, 3.8) is 0 Å². The van der Waals surface area contributed by atoms with E-state index >= 15 is 0 Å². The van der Waals surface area contributed by atoms with Gasteiger partial charge in [-0.25, -0.2) is 0 Å². The van der Waals surface area contributed by atoms with E-state index in [0.29, 0.717) is 10.2 Å². The molecule has 16 heavy (non-hydrogen) atoms. The molecular formula is C9H6F3N3O. The first kappa shape index (κ1) is 10.6. The maximum Gasteiger partial charge on any atom is 0.397 e. The summed E-state index contributed by atoms with van der Waals surface area (Å²) in [5.74, 6) is -1.14. The second kappa shape index (κ2) is 3.58. The number of halogens is 3. The highest BCUT2D eigenvalue weighted by Gasteiger charge is 2.32. The molecule has 0 unspecified atom stereocenters. The number of benzene rings is 1. The van der Waals surface area contributed by atoms with Crippen molar-refractivity contribution in [2.24, 2.45) is 0 Å². The Bertz CT molecular complexity index is 532.